The maximum absolute atomic E-state index is 12.5. The van der Waals surface area contributed by atoms with Crippen LogP contribution >= 0.6 is 0 Å². The quantitative estimate of drug-likeness (QED) is 0.886. The highest BCUT2D eigenvalue weighted by Crippen LogP contribution is 2.47. The zero-order valence-corrected chi connectivity index (χ0v) is 14.2. The van der Waals surface area contributed by atoms with Crippen LogP contribution in [0.1, 0.15) is 17.2 Å². The van der Waals surface area contributed by atoms with E-state index in [9.17, 15) is 13.9 Å². The minimum atomic E-state index is -2.83. The first-order valence-electron chi connectivity index (χ1n) is 8.76. The highest BCUT2D eigenvalue weighted by molar-refractivity contribution is 5.39. The first kappa shape index (κ1) is 17.2. The van der Waals surface area contributed by atoms with Crippen LogP contribution in [0.5, 0.6) is 11.5 Å². The first-order chi connectivity index (χ1) is 12.7. The van der Waals surface area contributed by atoms with E-state index in [0.29, 0.717) is 13.2 Å². The molecule has 26 heavy (non-hydrogen) atoms. The highest BCUT2D eigenvalue weighted by Gasteiger charge is 2.45. The lowest BCUT2D eigenvalue weighted by atomic mass is 9.86. The molecule has 0 bridgehead atoms. The number of benzene rings is 2. The Bertz CT molecular complexity index is 770. The van der Waals surface area contributed by atoms with E-state index in [4.69, 9.17) is 4.74 Å². The first-order valence-corrected chi connectivity index (χ1v) is 8.76. The average molecular weight is 361 g/mol. The third-order valence-corrected chi connectivity index (χ3v) is 5.29. The van der Waals surface area contributed by atoms with E-state index in [-0.39, 0.29) is 30.2 Å². The Balaban J connectivity index is 1.60. The second-order valence-corrected chi connectivity index (χ2v) is 6.86. The molecule has 0 amide bonds. The molecule has 1 fully saturated rings. The van der Waals surface area contributed by atoms with Gasteiger partial charge in [-0.1, -0.05) is 30.3 Å². The van der Waals surface area contributed by atoms with Crippen molar-refractivity contribution >= 4 is 0 Å². The molecule has 3 atom stereocenters. The Hall–Kier alpha value is -2.18. The van der Waals surface area contributed by atoms with Gasteiger partial charge in [-0.15, -0.1) is 0 Å². The van der Waals surface area contributed by atoms with Crippen molar-refractivity contribution in [3.63, 3.8) is 0 Å². The van der Waals surface area contributed by atoms with Gasteiger partial charge in [0, 0.05) is 43.1 Å². The molecule has 0 spiro atoms. The van der Waals surface area contributed by atoms with E-state index in [2.05, 4.69) is 15.7 Å². The van der Waals surface area contributed by atoms with Crippen LogP contribution in [0.15, 0.2) is 48.5 Å². The summed E-state index contributed by atoms with van der Waals surface area (Å²) in [5, 5.41) is 9.79. The topological polar surface area (TPSA) is 41.9 Å². The molecule has 138 valence electrons. The second-order valence-electron chi connectivity index (χ2n) is 6.86. The van der Waals surface area contributed by atoms with Crippen molar-refractivity contribution in [2.24, 2.45) is 11.8 Å². The number of halogens is 2. The van der Waals surface area contributed by atoms with Crippen molar-refractivity contribution in [1.82, 2.24) is 4.90 Å². The minimum absolute atomic E-state index is 0.109. The van der Waals surface area contributed by atoms with E-state index in [0.717, 1.165) is 23.4 Å². The molecular formula is C20H21F2NO3. The van der Waals surface area contributed by atoms with Gasteiger partial charge in [0.05, 0.1) is 6.61 Å². The fraction of sp³-hybridized carbons (Fsp3) is 0.400. The SMILES string of the molecule is OC[C@@H]1CN(Cc2cccc(OC(F)F)c2)[C@H]2c3ccccc3OC[C@@H]12. The lowest BCUT2D eigenvalue weighted by Crippen LogP contribution is -2.31. The summed E-state index contributed by atoms with van der Waals surface area (Å²) in [6, 6.07) is 14.9. The number of hydrogen-bond acceptors (Lipinski definition) is 4. The number of para-hydroxylation sites is 1. The summed E-state index contributed by atoms with van der Waals surface area (Å²) >= 11 is 0. The van der Waals surface area contributed by atoms with Crippen LogP contribution in [0.3, 0.4) is 0 Å². The molecule has 0 unspecified atom stereocenters. The molecule has 1 saturated heterocycles. The molecule has 0 aromatic heterocycles. The fourth-order valence-electron chi connectivity index (χ4n) is 4.19. The molecule has 2 aromatic rings. The molecule has 6 heteroatoms. The number of hydrogen-bond donors (Lipinski definition) is 1. The molecule has 1 N–H and O–H groups in total. The molecule has 4 rings (SSSR count). The summed E-state index contributed by atoms with van der Waals surface area (Å²) in [4.78, 5) is 2.30. The van der Waals surface area contributed by atoms with Crippen LogP contribution in [-0.2, 0) is 6.54 Å². The van der Waals surface area contributed by atoms with Gasteiger partial charge < -0.3 is 14.6 Å². The number of aliphatic hydroxyl groups excluding tert-OH is 1. The lowest BCUT2D eigenvalue weighted by Gasteiger charge is -2.34. The van der Waals surface area contributed by atoms with Crippen LogP contribution in [-0.4, -0.2) is 36.4 Å². The predicted molar refractivity (Wildman–Crippen MR) is 92.2 cm³/mol. The van der Waals surface area contributed by atoms with Crippen molar-refractivity contribution in [3.05, 3.63) is 59.7 Å². The van der Waals surface area contributed by atoms with Gasteiger partial charge in [0.2, 0.25) is 0 Å². The molecular weight excluding hydrogens is 340 g/mol. The maximum Gasteiger partial charge on any atom is 0.387 e. The van der Waals surface area contributed by atoms with Gasteiger partial charge in [0.25, 0.3) is 0 Å². The number of rotatable bonds is 5. The van der Waals surface area contributed by atoms with E-state index in [1.165, 1.54) is 6.07 Å². The molecule has 2 heterocycles. The van der Waals surface area contributed by atoms with Crippen LogP contribution in [0.25, 0.3) is 0 Å². The molecule has 4 nitrogen and oxygen atoms in total. The maximum atomic E-state index is 12.5. The number of ether oxygens (including phenoxy) is 2. The van der Waals surface area contributed by atoms with E-state index >= 15 is 0 Å². The molecule has 0 aliphatic carbocycles. The van der Waals surface area contributed by atoms with Gasteiger partial charge in [-0.25, -0.2) is 0 Å². The summed E-state index contributed by atoms with van der Waals surface area (Å²) in [6.07, 6.45) is 0. The summed E-state index contributed by atoms with van der Waals surface area (Å²) in [5.41, 5.74) is 2.03. The van der Waals surface area contributed by atoms with Crippen molar-refractivity contribution in [2.75, 3.05) is 19.8 Å². The normalized spacial score (nSPS) is 24.8. The molecule has 2 aliphatic heterocycles. The average Bonchev–Trinajstić information content (AvgIpc) is 2.99. The zero-order chi connectivity index (χ0) is 18.1. The van der Waals surface area contributed by atoms with E-state index in [1.54, 1.807) is 12.1 Å². The Morgan fingerprint density at radius 3 is 2.85 bits per heavy atom. The van der Waals surface area contributed by atoms with Crippen molar-refractivity contribution in [1.29, 1.82) is 0 Å². The summed E-state index contributed by atoms with van der Waals surface area (Å²) in [5.74, 6) is 1.40. The summed E-state index contributed by atoms with van der Waals surface area (Å²) in [7, 11) is 0. The number of likely N-dealkylation sites (tertiary alicyclic amines) is 1. The van der Waals surface area contributed by atoms with Crippen LogP contribution in [0.2, 0.25) is 0 Å². The number of nitrogens with zero attached hydrogens (tertiary/aromatic N) is 1. The molecule has 2 aliphatic rings. The van der Waals surface area contributed by atoms with Crippen molar-refractivity contribution in [2.45, 2.75) is 19.2 Å². The van der Waals surface area contributed by atoms with E-state index in [1.807, 2.05) is 24.3 Å². The van der Waals surface area contributed by atoms with Crippen molar-refractivity contribution < 1.29 is 23.4 Å². The summed E-state index contributed by atoms with van der Waals surface area (Å²) in [6.45, 7) is -0.798. The predicted octanol–water partition coefficient (Wildman–Crippen LogP) is 3.46. The molecule has 0 saturated carbocycles. The Morgan fingerprint density at radius 1 is 1.19 bits per heavy atom. The Morgan fingerprint density at radius 2 is 2.04 bits per heavy atom. The fourth-order valence-corrected chi connectivity index (χ4v) is 4.19. The third kappa shape index (κ3) is 3.27. The largest absolute Gasteiger partial charge is 0.493 e. The smallest absolute Gasteiger partial charge is 0.387 e. The second kappa shape index (κ2) is 7.21. The number of aliphatic hydroxyl groups is 1. The Kier molecular flexibility index (Phi) is 4.78. The van der Waals surface area contributed by atoms with Gasteiger partial charge in [0.15, 0.2) is 0 Å². The van der Waals surface area contributed by atoms with Crippen LogP contribution < -0.4 is 9.47 Å². The van der Waals surface area contributed by atoms with Gasteiger partial charge in [-0.3, -0.25) is 4.90 Å². The van der Waals surface area contributed by atoms with Gasteiger partial charge >= 0.3 is 6.61 Å². The standard InChI is InChI=1S/C20H21F2NO3/c21-20(22)26-15-5-3-4-13(8-15)9-23-10-14(11-24)17-12-25-18-7-2-1-6-16(18)19(17)23/h1-8,14,17,19-20,24H,9-12H2/t14-,17-,19-/m0/s1. The number of alkyl halides is 2. The summed E-state index contributed by atoms with van der Waals surface area (Å²) < 4.78 is 35.3. The Labute approximate surface area is 151 Å². The molecule has 0 radical (unpaired) electrons. The third-order valence-electron chi connectivity index (χ3n) is 5.29. The minimum Gasteiger partial charge on any atom is -0.493 e. The van der Waals surface area contributed by atoms with Crippen LogP contribution in [0, 0.1) is 11.8 Å². The molecule has 2 aromatic carbocycles. The van der Waals surface area contributed by atoms with Gasteiger partial charge in [-0.05, 0) is 23.8 Å². The van der Waals surface area contributed by atoms with Gasteiger partial charge in [0.1, 0.15) is 11.5 Å². The van der Waals surface area contributed by atoms with E-state index < -0.39 is 6.61 Å². The van der Waals surface area contributed by atoms with Crippen molar-refractivity contribution in [3.8, 4) is 11.5 Å². The monoisotopic (exact) mass is 361 g/mol. The lowest BCUT2D eigenvalue weighted by molar-refractivity contribution is -0.0499. The highest BCUT2D eigenvalue weighted by atomic mass is 19.3. The van der Waals surface area contributed by atoms with Gasteiger partial charge in [-0.2, -0.15) is 8.78 Å². The number of fused-ring (bicyclic) bond motifs is 3. The zero-order valence-electron chi connectivity index (χ0n) is 14.2. The van der Waals surface area contributed by atoms with Crippen LogP contribution in [0.4, 0.5) is 8.78 Å².